The van der Waals surface area contributed by atoms with E-state index in [9.17, 15) is 4.79 Å². The number of carbonyl (C=O) groups is 1. The fourth-order valence-corrected chi connectivity index (χ4v) is 0.997. The van der Waals surface area contributed by atoms with Gasteiger partial charge >= 0.3 is 0 Å². The third-order valence-corrected chi connectivity index (χ3v) is 1.94. The summed E-state index contributed by atoms with van der Waals surface area (Å²) in [6.45, 7) is 2.09. The number of ether oxygens (including phenoxy) is 3. The van der Waals surface area contributed by atoms with E-state index in [1.165, 1.54) is 14.2 Å². The fourth-order valence-electron chi connectivity index (χ4n) is 0.997. The lowest BCUT2D eigenvalue weighted by molar-refractivity contribution is -0.114. The summed E-state index contributed by atoms with van der Waals surface area (Å²) in [5, 5.41) is 0. The number of methoxy groups -OCH3 is 3. The molecule has 92 valence electrons. The number of rotatable bonds is 7. The Labute approximate surface area is 95.9 Å². The maximum absolute atomic E-state index is 11.2. The molecule has 1 atom stereocenters. The Balaban J connectivity index is 4.91. The molecule has 1 unspecified atom stereocenters. The second-order valence-corrected chi connectivity index (χ2v) is 3.17. The van der Waals surface area contributed by atoms with Crippen LogP contribution in [0.3, 0.4) is 0 Å². The maximum Gasteiger partial charge on any atom is 0.248 e. The van der Waals surface area contributed by atoms with E-state index >= 15 is 0 Å². The maximum atomic E-state index is 11.2. The van der Waals surface area contributed by atoms with Crippen LogP contribution < -0.4 is 5.73 Å². The summed E-state index contributed by atoms with van der Waals surface area (Å²) < 4.78 is 15.0. The minimum absolute atomic E-state index is 0.195. The zero-order valence-electron chi connectivity index (χ0n) is 10.1. The highest BCUT2D eigenvalue weighted by Gasteiger charge is 2.07. The molecule has 0 saturated heterocycles. The van der Waals surface area contributed by atoms with Gasteiger partial charge in [0.25, 0.3) is 0 Å². The van der Waals surface area contributed by atoms with Crippen LogP contribution >= 0.6 is 0 Å². The third-order valence-electron chi connectivity index (χ3n) is 1.94. The van der Waals surface area contributed by atoms with E-state index in [0.29, 0.717) is 11.3 Å². The standard InChI is InChI=1S/C11H19NO4/c1-8(15-3)5-9(11(12)13)6-10(16-4)7-14-2/h5-6,8H,7H2,1-4H3,(H2,12,13)/b9-5+,10-6+. The molecule has 5 heteroatoms. The van der Waals surface area contributed by atoms with Crippen molar-refractivity contribution in [2.75, 3.05) is 27.9 Å². The average molecular weight is 229 g/mol. The van der Waals surface area contributed by atoms with Crippen LogP contribution in [0.4, 0.5) is 0 Å². The first-order valence-corrected chi connectivity index (χ1v) is 4.83. The summed E-state index contributed by atoms with van der Waals surface area (Å²) >= 11 is 0. The van der Waals surface area contributed by atoms with Crippen molar-refractivity contribution < 1.29 is 19.0 Å². The lowest BCUT2D eigenvalue weighted by atomic mass is 10.1. The van der Waals surface area contributed by atoms with Crippen LogP contribution in [-0.2, 0) is 19.0 Å². The van der Waals surface area contributed by atoms with E-state index in [4.69, 9.17) is 19.9 Å². The monoisotopic (exact) mass is 229 g/mol. The first kappa shape index (κ1) is 14.7. The van der Waals surface area contributed by atoms with Crippen molar-refractivity contribution in [1.82, 2.24) is 0 Å². The molecule has 0 aliphatic rings. The molecular formula is C11H19NO4. The van der Waals surface area contributed by atoms with E-state index in [0.717, 1.165) is 0 Å². The van der Waals surface area contributed by atoms with Gasteiger partial charge in [0.15, 0.2) is 0 Å². The molecule has 2 N–H and O–H groups in total. The van der Waals surface area contributed by atoms with Crippen LogP contribution in [0.1, 0.15) is 6.92 Å². The van der Waals surface area contributed by atoms with Crippen molar-refractivity contribution in [3.8, 4) is 0 Å². The number of nitrogens with two attached hydrogens (primary N) is 1. The number of amides is 1. The summed E-state index contributed by atoms with van der Waals surface area (Å²) in [6, 6.07) is 0. The predicted octanol–water partition coefficient (Wildman–Crippen LogP) is 0.610. The van der Waals surface area contributed by atoms with Gasteiger partial charge in [-0.1, -0.05) is 0 Å². The van der Waals surface area contributed by atoms with E-state index < -0.39 is 5.91 Å². The molecule has 0 bridgehead atoms. The largest absolute Gasteiger partial charge is 0.499 e. The second kappa shape index (κ2) is 7.90. The number of primary amides is 1. The quantitative estimate of drug-likeness (QED) is 0.394. The molecule has 0 aliphatic carbocycles. The summed E-state index contributed by atoms with van der Waals surface area (Å²) in [6.07, 6.45) is 2.97. The summed E-state index contributed by atoms with van der Waals surface area (Å²) in [4.78, 5) is 11.2. The Morgan fingerprint density at radius 2 is 2.00 bits per heavy atom. The fraction of sp³-hybridized carbons (Fsp3) is 0.545. The Kier molecular flexibility index (Phi) is 7.24. The summed E-state index contributed by atoms with van der Waals surface area (Å²) in [5.74, 6) is -0.00888. The van der Waals surface area contributed by atoms with Gasteiger partial charge in [0.1, 0.15) is 12.4 Å². The molecule has 0 aromatic carbocycles. The van der Waals surface area contributed by atoms with Gasteiger partial charge < -0.3 is 19.9 Å². The zero-order valence-corrected chi connectivity index (χ0v) is 10.1. The van der Waals surface area contributed by atoms with Crippen LogP contribution in [0.25, 0.3) is 0 Å². The third kappa shape index (κ3) is 5.53. The normalized spacial score (nSPS) is 14.8. The smallest absolute Gasteiger partial charge is 0.248 e. The molecule has 0 aromatic heterocycles. The van der Waals surface area contributed by atoms with Gasteiger partial charge in [-0.15, -0.1) is 0 Å². The average Bonchev–Trinajstić information content (AvgIpc) is 2.26. The second-order valence-electron chi connectivity index (χ2n) is 3.17. The van der Waals surface area contributed by atoms with Crippen molar-refractivity contribution in [1.29, 1.82) is 0 Å². The van der Waals surface area contributed by atoms with Gasteiger partial charge in [0, 0.05) is 19.8 Å². The SMILES string of the molecule is COC/C(=C\C(=C/C(C)OC)C(N)=O)OC. The highest BCUT2D eigenvalue weighted by Crippen LogP contribution is 2.06. The van der Waals surface area contributed by atoms with Gasteiger partial charge in [-0.05, 0) is 19.1 Å². The Morgan fingerprint density at radius 1 is 1.38 bits per heavy atom. The van der Waals surface area contributed by atoms with Gasteiger partial charge in [-0.3, -0.25) is 4.79 Å². The molecule has 5 nitrogen and oxygen atoms in total. The van der Waals surface area contributed by atoms with E-state index in [1.807, 2.05) is 0 Å². The lowest BCUT2D eigenvalue weighted by Gasteiger charge is -2.08. The number of hydrogen-bond donors (Lipinski definition) is 1. The molecule has 0 spiro atoms. The molecule has 0 rings (SSSR count). The number of carbonyl (C=O) groups excluding carboxylic acids is 1. The van der Waals surface area contributed by atoms with Crippen molar-refractivity contribution in [2.45, 2.75) is 13.0 Å². The highest BCUT2D eigenvalue weighted by atomic mass is 16.5. The Morgan fingerprint density at radius 3 is 2.38 bits per heavy atom. The van der Waals surface area contributed by atoms with Gasteiger partial charge in [-0.2, -0.15) is 0 Å². The minimum atomic E-state index is -0.533. The minimum Gasteiger partial charge on any atom is -0.499 e. The number of hydrogen-bond acceptors (Lipinski definition) is 4. The Bertz CT molecular complexity index is 284. The van der Waals surface area contributed by atoms with Crippen molar-refractivity contribution in [2.24, 2.45) is 5.73 Å². The molecule has 0 radical (unpaired) electrons. The van der Waals surface area contributed by atoms with Crippen LogP contribution in [0.5, 0.6) is 0 Å². The highest BCUT2D eigenvalue weighted by molar-refractivity contribution is 5.94. The van der Waals surface area contributed by atoms with Crippen LogP contribution in [0, 0.1) is 0 Å². The first-order valence-electron chi connectivity index (χ1n) is 4.83. The predicted molar refractivity (Wildman–Crippen MR) is 60.7 cm³/mol. The van der Waals surface area contributed by atoms with Gasteiger partial charge in [0.05, 0.1) is 13.2 Å². The molecule has 0 saturated carbocycles. The van der Waals surface area contributed by atoms with Gasteiger partial charge in [0.2, 0.25) is 5.91 Å². The molecular weight excluding hydrogens is 210 g/mol. The lowest BCUT2D eigenvalue weighted by Crippen LogP contribution is -2.16. The molecule has 0 aliphatic heterocycles. The summed E-state index contributed by atoms with van der Waals surface area (Å²) in [5.41, 5.74) is 5.57. The van der Waals surface area contributed by atoms with E-state index in [1.54, 1.807) is 26.2 Å². The summed E-state index contributed by atoms with van der Waals surface area (Å²) in [7, 11) is 4.59. The van der Waals surface area contributed by atoms with E-state index in [2.05, 4.69) is 0 Å². The first-order chi connectivity index (χ1) is 7.54. The van der Waals surface area contributed by atoms with Crippen molar-refractivity contribution in [3.05, 3.63) is 23.5 Å². The Hall–Kier alpha value is -1.33. The van der Waals surface area contributed by atoms with E-state index in [-0.39, 0.29) is 12.7 Å². The topological polar surface area (TPSA) is 70.8 Å². The van der Waals surface area contributed by atoms with Crippen molar-refractivity contribution in [3.63, 3.8) is 0 Å². The van der Waals surface area contributed by atoms with Crippen LogP contribution in [0.2, 0.25) is 0 Å². The van der Waals surface area contributed by atoms with Crippen LogP contribution in [0.15, 0.2) is 23.5 Å². The molecule has 0 aromatic rings. The molecule has 0 heterocycles. The molecule has 0 fully saturated rings. The zero-order chi connectivity index (χ0) is 12.6. The molecule has 16 heavy (non-hydrogen) atoms. The van der Waals surface area contributed by atoms with Crippen LogP contribution in [-0.4, -0.2) is 39.9 Å². The van der Waals surface area contributed by atoms with Gasteiger partial charge in [-0.25, -0.2) is 0 Å². The van der Waals surface area contributed by atoms with Crippen molar-refractivity contribution >= 4 is 5.91 Å². The molecule has 1 amide bonds.